The Morgan fingerprint density at radius 1 is 0.882 bits per heavy atom. The third kappa shape index (κ3) is 5.58. The molecule has 1 aromatic heterocycles. The average molecular weight is 464 g/mol. The lowest BCUT2D eigenvalue weighted by Crippen LogP contribution is -2.51. The molecule has 4 rings (SSSR count). The van der Waals surface area contributed by atoms with Crippen molar-refractivity contribution in [2.24, 2.45) is 0 Å². The SMILES string of the molecule is COc1ccc(C(NC(=O)CN2CCN(C(=O)c3ccco3)CC2)c2ccc(OC)cc2)cc1. The molecular weight excluding hydrogens is 434 g/mol. The van der Waals surface area contributed by atoms with Gasteiger partial charge in [0.15, 0.2) is 5.76 Å². The maximum absolute atomic E-state index is 13.0. The lowest BCUT2D eigenvalue weighted by atomic mass is 9.98. The first-order valence-corrected chi connectivity index (χ1v) is 11.2. The number of amides is 2. The third-order valence-electron chi connectivity index (χ3n) is 5.96. The molecule has 1 saturated heterocycles. The summed E-state index contributed by atoms with van der Waals surface area (Å²) in [5, 5.41) is 3.17. The van der Waals surface area contributed by atoms with Gasteiger partial charge < -0.3 is 24.1 Å². The van der Waals surface area contributed by atoms with Crippen molar-refractivity contribution in [1.82, 2.24) is 15.1 Å². The molecule has 3 aromatic rings. The maximum atomic E-state index is 13.0. The van der Waals surface area contributed by atoms with Gasteiger partial charge >= 0.3 is 0 Å². The number of hydrogen-bond acceptors (Lipinski definition) is 6. The molecule has 178 valence electrons. The number of benzene rings is 2. The molecule has 1 aliphatic rings. The summed E-state index contributed by atoms with van der Waals surface area (Å²) in [6.45, 7) is 2.59. The van der Waals surface area contributed by atoms with Gasteiger partial charge in [-0.15, -0.1) is 0 Å². The minimum Gasteiger partial charge on any atom is -0.497 e. The molecule has 8 nitrogen and oxygen atoms in total. The summed E-state index contributed by atoms with van der Waals surface area (Å²) in [5.74, 6) is 1.65. The van der Waals surface area contributed by atoms with Crippen LogP contribution in [0, 0.1) is 0 Å². The average Bonchev–Trinajstić information content (AvgIpc) is 3.43. The highest BCUT2D eigenvalue weighted by Gasteiger charge is 2.25. The lowest BCUT2D eigenvalue weighted by Gasteiger charge is -2.34. The molecule has 1 fully saturated rings. The Balaban J connectivity index is 1.39. The fourth-order valence-electron chi connectivity index (χ4n) is 4.03. The fraction of sp³-hybridized carbons (Fsp3) is 0.308. The predicted molar refractivity (Wildman–Crippen MR) is 127 cm³/mol. The van der Waals surface area contributed by atoms with Crippen LogP contribution in [0.25, 0.3) is 0 Å². The van der Waals surface area contributed by atoms with Gasteiger partial charge in [-0.3, -0.25) is 14.5 Å². The summed E-state index contributed by atoms with van der Waals surface area (Å²) < 4.78 is 15.8. The summed E-state index contributed by atoms with van der Waals surface area (Å²) in [6.07, 6.45) is 1.50. The van der Waals surface area contributed by atoms with E-state index in [1.165, 1.54) is 6.26 Å². The molecule has 1 N–H and O–H groups in total. The highest BCUT2D eigenvalue weighted by molar-refractivity contribution is 5.91. The van der Waals surface area contributed by atoms with E-state index in [0.717, 1.165) is 22.6 Å². The Bertz CT molecular complexity index is 1030. The van der Waals surface area contributed by atoms with Crippen LogP contribution in [0.5, 0.6) is 11.5 Å². The monoisotopic (exact) mass is 463 g/mol. The van der Waals surface area contributed by atoms with Gasteiger partial charge in [0.2, 0.25) is 5.91 Å². The van der Waals surface area contributed by atoms with Crippen LogP contribution in [0.1, 0.15) is 27.7 Å². The van der Waals surface area contributed by atoms with Crippen molar-refractivity contribution in [2.75, 3.05) is 46.9 Å². The van der Waals surface area contributed by atoms with Crippen LogP contribution in [0.3, 0.4) is 0 Å². The Kier molecular flexibility index (Phi) is 7.49. The van der Waals surface area contributed by atoms with Gasteiger partial charge in [0.05, 0.1) is 33.1 Å². The van der Waals surface area contributed by atoms with Gasteiger partial charge in [0, 0.05) is 26.2 Å². The van der Waals surface area contributed by atoms with E-state index in [0.29, 0.717) is 31.9 Å². The van der Waals surface area contributed by atoms with Crippen molar-refractivity contribution in [3.8, 4) is 11.5 Å². The van der Waals surface area contributed by atoms with Crippen molar-refractivity contribution < 1.29 is 23.5 Å². The number of carbonyl (C=O) groups is 2. The highest BCUT2D eigenvalue weighted by atomic mass is 16.5. The molecule has 0 aliphatic carbocycles. The van der Waals surface area contributed by atoms with Gasteiger partial charge in [-0.1, -0.05) is 24.3 Å². The highest BCUT2D eigenvalue weighted by Crippen LogP contribution is 2.26. The molecule has 0 radical (unpaired) electrons. The third-order valence-corrected chi connectivity index (χ3v) is 5.96. The number of nitrogens with zero attached hydrogens (tertiary/aromatic N) is 2. The molecule has 2 aromatic carbocycles. The van der Waals surface area contributed by atoms with E-state index in [1.54, 1.807) is 31.3 Å². The molecule has 34 heavy (non-hydrogen) atoms. The number of rotatable bonds is 8. The molecule has 0 unspecified atom stereocenters. The molecule has 0 atom stereocenters. The summed E-state index contributed by atoms with van der Waals surface area (Å²) >= 11 is 0. The topological polar surface area (TPSA) is 84.3 Å². The predicted octanol–water partition coefficient (Wildman–Crippen LogP) is 2.96. The lowest BCUT2D eigenvalue weighted by molar-refractivity contribution is -0.123. The van der Waals surface area contributed by atoms with Crippen LogP contribution in [-0.2, 0) is 4.79 Å². The van der Waals surface area contributed by atoms with Crippen LogP contribution in [0.2, 0.25) is 0 Å². The number of ether oxygens (including phenoxy) is 2. The van der Waals surface area contributed by atoms with Gasteiger partial charge in [0.25, 0.3) is 5.91 Å². The molecule has 1 aliphatic heterocycles. The van der Waals surface area contributed by atoms with Crippen LogP contribution in [-0.4, -0.2) is 68.6 Å². The fourth-order valence-corrected chi connectivity index (χ4v) is 4.03. The zero-order valence-electron chi connectivity index (χ0n) is 19.4. The summed E-state index contributed by atoms with van der Waals surface area (Å²) in [6, 6.07) is 18.4. The second-order valence-corrected chi connectivity index (χ2v) is 8.09. The van der Waals surface area contributed by atoms with E-state index < -0.39 is 0 Å². The molecule has 0 bridgehead atoms. The standard InChI is InChI=1S/C26H29N3O5/c1-32-21-9-5-19(6-10-21)25(20-7-11-22(33-2)12-8-20)27-24(30)18-28-13-15-29(16-14-28)26(31)23-4-3-17-34-23/h3-12,17,25H,13-16,18H2,1-2H3,(H,27,30). The van der Waals surface area contributed by atoms with E-state index in [9.17, 15) is 9.59 Å². The van der Waals surface area contributed by atoms with E-state index >= 15 is 0 Å². The summed E-state index contributed by atoms with van der Waals surface area (Å²) in [7, 11) is 3.25. The van der Waals surface area contributed by atoms with Crippen LogP contribution >= 0.6 is 0 Å². The van der Waals surface area contributed by atoms with Crippen LogP contribution in [0.4, 0.5) is 0 Å². The van der Waals surface area contributed by atoms with Crippen molar-refractivity contribution in [2.45, 2.75) is 6.04 Å². The normalized spacial score (nSPS) is 14.1. The number of hydrogen-bond donors (Lipinski definition) is 1. The van der Waals surface area contributed by atoms with Crippen LogP contribution < -0.4 is 14.8 Å². The Morgan fingerprint density at radius 2 is 1.44 bits per heavy atom. The van der Waals surface area contributed by atoms with Gasteiger partial charge in [-0.25, -0.2) is 0 Å². The molecule has 2 amide bonds. The molecular formula is C26H29N3O5. The first-order valence-electron chi connectivity index (χ1n) is 11.2. The smallest absolute Gasteiger partial charge is 0.289 e. The van der Waals surface area contributed by atoms with Crippen molar-refractivity contribution in [3.05, 3.63) is 83.8 Å². The number of nitrogens with one attached hydrogen (secondary N) is 1. The molecule has 0 spiro atoms. The van der Waals surface area contributed by atoms with Gasteiger partial charge in [0.1, 0.15) is 11.5 Å². The van der Waals surface area contributed by atoms with Crippen molar-refractivity contribution >= 4 is 11.8 Å². The number of carbonyl (C=O) groups excluding carboxylic acids is 2. The zero-order valence-corrected chi connectivity index (χ0v) is 19.4. The van der Waals surface area contributed by atoms with Crippen LogP contribution in [0.15, 0.2) is 71.3 Å². The zero-order chi connectivity index (χ0) is 23.9. The largest absolute Gasteiger partial charge is 0.497 e. The van der Waals surface area contributed by atoms with Gasteiger partial charge in [-0.05, 0) is 47.5 Å². The van der Waals surface area contributed by atoms with Crippen molar-refractivity contribution in [1.29, 1.82) is 0 Å². The van der Waals surface area contributed by atoms with E-state index in [2.05, 4.69) is 10.2 Å². The second-order valence-electron chi connectivity index (χ2n) is 8.09. The van der Waals surface area contributed by atoms with Crippen molar-refractivity contribution in [3.63, 3.8) is 0 Å². The quantitative estimate of drug-likeness (QED) is 0.553. The molecule has 8 heteroatoms. The second kappa shape index (κ2) is 10.9. The maximum Gasteiger partial charge on any atom is 0.289 e. The Morgan fingerprint density at radius 3 is 1.91 bits per heavy atom. The number of furan rings is 1. The van der Waals surface area contributed by atoms with E-state index in [4.69, 9.17) is 13.9 Å². The van der Waals surface area contributed by atoms with Gasteiger partial charge in [-0.2, -0.15) is 0 Å². The first kappa shape index (κ1) is 23.4. The van der Waals surface area contributed by atoms with E-state index in [-0.39, 0.29) is 24.4 Å². The minimum absolute atomic E-state index is 0.0811. The number of piperazine rings is 1. The molecule has 0 saturated carbocycles. The summed E-state index contributed by atoms with van der Waals surface area (Å²) in [4.78, 5) is 29.3. The molecule has 2 heterocycles. The van der Waals surface area contributed by atoms with E-state index in [1.807, 2.05) is 48.5 Å². The Labute approximate surface area is 199 Å². The first-order chi connectivity index (χ1) is 16.6. The minimum atomic E-state index is -0.314. The number of methoxy groups -OCH3 is 2. The Hall–Kier alpha value is -3.78. The summed E-state index contributed by atoms with van der Waals surface area (Å²) in [5.41, 5.74) is 1.90.